The Bertz CT molecular complexity index is 832. The molecule has 2 aromatic carbocycles. The molecule has 3 rings (SSSR count). The van der Waals surface area contributed by atoms with Gasteiger partial charge in [0.1, 0.15) is 5.82 Å². The van der Waals surface area contributed by atoms with E-state index in [1.165, 1.54) is 24.0 Å². The van der Waals surface area contributed by atoms with E-state index < -0.39 is 0 Å². The van der Waals surface area contributed by atoms with Crippen LogP contribution in [0.15, 0.2) is 64.4 Å². The van der Waals surface area contributed by atoms with Gasteiger partial charge >= 0.3 is 0 Å². The second-order valence-electron chi connectivity index (χ2n) is 4.52. The molecule has 0 radical (unpaired) electrons. The van der Waals surface area contributed by atoms with Gasteiger partial charge in [-0.3, -0.25) is 4.79 Å². The Morgan fingerprint density at radius 3 is 2.71 bits per heavy atom. The molecule has 0 aliphatic carbocycles. The Balaban J connectivity index is 1.81. The second-order valence-corrected chi connectivity index (χ2v) is 5.65. The van der Waals surface area contributed by atoms with Crippen LogP contribution in [0.1, 0.15) is 0 Å². The van der Waals surface area contributed by atoms with Gasteiger partial charge in [0.2, 0.25) is 0 Å². The van der Waals surface area contributed by atoms with Gasteiger partial charge in [0, 0.05) is 17.2 Å². The zero-order chi connectivity index (χ0) is 14.7. The van der Waals surface area contributed by atoms with Crippen LogP contribution in [0.3, 0.4) is 0 Å². The molecule has 21 heavy (non-hydrogen) atoms. The van der Waals surface area contributed by atoms with Gasteiger partial charge in [-0.15, -0.1) is 11.8 Å². The number of para-hydroxylation sites is 2. The molecule has 0 fully saturated rings. The van der Waals surface area contributed by atoms with Gasteiger partial charge in [-0.05, 0) is 24.3 Å². The summed E-state index contributed by atoms with van der Waals surface area (Å²) >= 11 is 1.40. The third kappa shape index (κ3) is 2.97. The highest BCUT2D eigenvalue weighted by molar-refractivity contribution is 7.99. The molecule has 0 saturated carbocycles. The summed E-state index contributed by atoms with van der Waals surface area (Å²) in [6.07, 6.45) is 1.33. The van der Waals surface area contributed by atoms with Crippen LogP contribution in [0.4, 0.5) is 4.39 Å². The van der Waals surface area contributed by atoms with Crippen molar-refractivity contribution in [2.75, 3.05) is 5.75 Å². The lowest BCUT2D eigenvalue weighted by molar-refractivity contribution is 0.601. The summed E-state index contributed by atoms with van der Waals surface area (Å²) < 4.78 is 15.2. The lowest BCUT2D eigenvalue weighted by Gasteiger charge is -2.09. The van der Waals surface area contributed by atoms with Gasteiger partial charge in [0.25, 0.3) is 5.56 Å². The first kappa shape index (κ1) is 13.8. The fourth-order valence-electron chi connectivity index (χ4n) is 2.15. The maximum absolute atomic E-state index is 13.5. The summed E-state index contributed by atoms with van der Waals surface area (Å²) in [5.41, 5.74) is 1.45. The molecular weight excluding hydrogens is 287 g/mol. The minimum atomic E-state index is -0.227. The molecule has 0 aliphatic heterocycles. The van der Waals surface area contributed by atoms with Crippen LogP contribution < -0.4 is 5.56 Å². The lowest BCUT2D eigenvalue weighted by atomic mass is 10.3. The van der Waals surface area contributed by atoms with Crippen molar-refractivity contribution in [3.05, 3.63) is 70.9 Å². The zero-order valence-electron chi connectivity index (χ0n) is 11.2. The van der Waals surface area contributed by atoms with Crippen LogP contribution >= 0.6 is 11.8 Å². The number of fused-ring (bicyclic) bond motifs is 1. The van der Waals surface area contributed by atoms with E-state index >= 15 is 0 Å². The molecule has 0 unspecified atom stereocenters. The van der Waals surface area contributed by atoms with Crippen molar-refractivity contribution in [3.63, 3.8) is 0 Å². The maximum atomic E-state index is 13.5. The van der Waals surface area contributed by atoms with Crippen molar-refractivity contribution in [2.24, 2.45) is 0 Å². The lowest BCUT2D eigenvalue weighted by Crippen LogP contribution is -2.21. The summed E-state index contributed by atoms with van der Waals surface area (Å²) in [7, 11) is 0. The minimum Gasteiger partial charge on any atom is -0.305 e. The predicted molar refractivity (Wildman–Crippen MR) is 83.1 cm³/mol. The first-order valence-corrected chi connectivity index (χ1v) is 7.56. The Kier molecular flexibility index (Phi) is 4.01. The van der Waals surface area contributed by atoms with Crippen LogP contribution in [0.5, 0.6) is 0 Å². The third-order valence-corrected chi connectivity index (χ3v) is 4.19. The summed E-state index contributed by atoms with van der Waals surface area (Å²) in [6, 6.07) is 14.2. The van der Waals surface area contributed by atoms with Crippen molar-refractivity contribution < 1.29 is 4.39 Å². The zero-order valence-corrected chi connectivity index (χ0v) is 12.0. The summed E-state index contributed by atoms with van der Waals surface area (Å²) in [6.45, 7) is 0.515. The molecule has 1 heterocycles. The Hall–Kier alpha value is -2.14. The molecule has 0 spiro atoms. The van der Waals surface area contributed by atoms with Crippen molar-refractivity contribution in [3.8, 4) is 0 Å². The average molecular weight is 300 g/mol. The van der Waals surface area contributed by atoms with E-state index in [4.69, 9.17) is 0 Å². The molecule has 1 aromatic heterocycles. The number of hydrogen-bond acceptors (Lipinski definition) is 3. The Labute approximate surface area is 125 Å². The number of halogens is 1. The van der Waals surface area contributed by atoms with E-state index in [1.54, 1.807) is 22.8 Å². The van der Waals surface area contributed by atoms with Crippen molar-refractivity contribution in [1.82, 2.24) is 9.55 Å². The maximum Gasteiger partial charge on any atom is 0.269 e. The quantitative estimate of drug-likeness (QED) is 0.693. The topological polar surface area (TPSA) is 34.9 Å². The van der Waals surface area contributed by atoms with Crippen LogP contribution in [-0.2, 0) is 6.54 Å². The number of aryl methyl sites for hydroxylation is 1. The molecule has 0 saturated heterocycles. The normalized spacial score (nSPS) is 10.9. The number of nitrogens with zero attached hydrogens (tertiary/aromatic N) is 2. The SMILES string of the molecule is O=c1cnc2ccccc2n1CCSc1ccccc1F. The Morgan fingerprint density at radius 2 is 1.86 bits per heavy atom. The molecule has 0 bridgehead atoms. The largest absolute Gasteiger partial charge is 0.305 e. The van der Waals surface area contributed by atoms with E-state index in [2.05, 4.69) is 4.98 Å². The average Bonchev–Trinajstić information content (AvgIpc) is 2.51. The minimum absolute atomic E-state index is 0.136. The summed E-state index contributed by atoms with van der Waals surface area (Å²) in [5, 5.41) is 0. The number of benzene rings is 2. The fraction of sp³-hybridized carbons (Fsp3) is 0.125. The highest BCUT2D eigenvalue weighted by atomic mass is 32.2. The van der Waals surface area contributed by atoms with Crippen molar-refractivity contribution in [1.29, 1.82) is 0 Å². The summed E-state index contributed by atoms with van der Waals surface area (Å²) in [4.78, 5) is 16.7. The van der Waals surface area contributed by atoms with Crippen LogP contribution in [0.25, 0.3) is 11.0 Å². The van der Waals surface area contributed by atoms with Crippen LogP contribution in [0.2, 0.25) is 0 Å². The predicted octanol–water partition coefficient (Wildman–Crippen LogP) is 3.33. The van der Waals surface area contributed by atoms with Crippen LogP contribution in [0, 0.1) is 5.82 Å². The van der Waals surface area contributed by atoms with Gasteiger partial charge in [-0.25, -0.2) is 9.37 Å². The van der Waals surface area contributed by atoms with Crippen molar-refractivity contribution in [2.45, 2.75) is 11.4 Å². The molecule has 106 valence electrons. The van der Waals surface area contributed by atoms with Crippen LogP contribution in [-0.4, -0.2) is 15.3 Å². The van der Waals surface area contributed by atoms with Gasteiger partial charge in [0.15, 0.2) is 0 Å². The number of thioether (sulfide) groups is 1. The van der Waals surface area contributed by atoms with Gasteiger partial charge in [-0.2, -0.15) is 0 Å². The molecule has 0 atom stereocenters. The number of rotatable bonds is 4. The molecule has 0 aliphatic rings. The van der Waals surface area contributed by atoms with E-state index in [-0.39, 0.29) is 11.4 Å². The first-order valence-electron chi connectivity index (χ1n) is 6.57. The first-order chi connectivity index (χ1) is 10.3. The van der Waals surface area contributed by atoms with E-state index in [0.29, 0.717) is 17.2 Å². The molecule has 0 amide bonds. The second kappa shape index (κ2) is 6.10. The molecule has 5 heteroatoms. The van der Waals surface area contributed by atoms with E-state index in [0.717, 1.165) is 11.0 Å². The highest BCUT2D eigenvalue weighted by Gasteiger charge is 2.05. The molecular formula is C16H13FN2OS. The number of aromatic nitrogens is 2. The van der Waals surface area contributed by atoms with E-state index in [9.17, 15) is 9.18 Å². The van der Waals surface area contributed by atoms with Crippen molar-refractivity contribution >= 4 is 22.8 Å². The van der Waals surface area contributed by atoms with E-state index in [1.807, 2.05) is 24.3 Å². The summed E-state index contributed by atoms with van der Waals surface area (Å²) in [5.74, 6) is 0.393. The third-order valence-electron chi connectivity index (χ3n) is 3.16. The Morgan fingerprint density at radius 1 is 1.10 bits per heavy atom. The number of hydrogen-bond donors (Lipinski definition) is 0. The van der Waals surface area contributed by atoms with Gasteiger partial charge < -0.3 is 4.57 Å². The fourth-order valence-corrected chi connectivity index (χ4v) is 3.03. The van der Waals surface area contributed by atoms with Gasteiger partial charge in [-0.1, -0.05) is 24.3 Å². The van der Waals surface area contributed by atoms with Gasteiger partial charge in [0.05, 0.1) is 17.2 Å². The monoisotopic (exact) mass is 300 g/mol. The standard InChI is InChI=1S/C16H13FN2OS/c17-12-5-1-4-8-15(12)21-10-9-19-14-7-3-2-6-13(14)18-11-16(19)20/h1-8,11H,9-10H2. The highest BCUT2D eigenvalue weighted by Crippen LogP contribution is 2.21. The smallest absolute Gasteiger partial charge is 0.269 e. The molecule has 0 N–H and O–H groups in total. The molecule has 3 nitrogen and oxygen atoms in total. The molecule has 3 aromatic rings.